The molecule has 0 saturated carbocycles. The Kier molecular flexibility index (Phi) is 9.80. The molecule has 0 aliphatic carbocycles. The van der Waals surface area contributed by atoms with Gasteiger partial charge >= 0.3 is 24.5 Å². The molecule has 242 valence electrons. The minimum atomic E-state index is -5.40. The number of alkyl halides is 6. The lowest BCUT2D eigenvalue weighted by molar-refractivity contribution is -0.139. The van der Waals surface area contributed by atoms with Gasteiger partial charge in [0.25, 0.3) is 5.91 Å². The highest BCUT2D eigenvalue weighted by Crippen LogP contribution is 2.48. The van der Waals surface area contributed by atoms with Gasteiger partial charge in [0.05, 0.1) is 22.4 Å². The fraction of sp³-hybridized carbons (Fsp3) is 0.323. The monoisotopic (exact) mass is 639 g/mol. The largest absolute Gasteiger partial charge is 0.444 e. The van der Waals surface area contributed by atoms with Crippen LogP contribution in [0.4, 0.5) is 53.0 Å². The highest BCUT2D eigenvalue weighted by molar-refractivity contribution is 6.08. The summed E-state index contributed by atoms with van der Waals surface area (Å²) in [6.07, 6.45) is -13.0. The predicted octanol–water partition coefficient (Wildman–Crippen LogP) is 9.34. The van der Waals surface area contributed by atoms with Crippen LogP contribution in [0.2, 0.25) is 0 Å². The number of para-hydroxylation sites is 1. The Hall–Kier alpha value is -4.75. The van der Waals surface area contributed by atoms with Gasteiger partial charge in [0.1, 0.15) is 11.2 Å². The first kappa shape index (κ1) is 34.7. The average Bonchev–Trinajstić information content (AvgIpc) is 2.85. The zero-order chi connectivity index (χ0) is 34.0. The van der Waals surface area contributed by atoms with Gasteiger partial charge < -0.3 is 14.8 Å². The van der Waals surface area contributed by atoms with Gasteiger partial charge in [-0.3, -0.25) is 15.4 Å². The zero-order valence-electron chi connectivity index (χ0n) is 25.1. The van der Waals surface area contributed by atoms with Crippen LogP contribution in [-0.4, -0.2) is 29.3 Å². The minimum absolute atomic E-state index is 0.127. The molecule has 0 fully saturated rings. The topological polar surface area (TPSA) is 106 Å². The third-order valence-electron chi connectivity index (χ3n) is 5.64. The molecular formula is C31H31F6N3O5. The van der Waals surface area contributed by atoms with E-state index in [4.69, 9.17) is 9.47 Å². The molecule has 0 aliphatic rings. The van der Waals surface area contributed by atoms with E-state index in [0.29, 0.717) is 12.1 Å². The van der Waals surface area contributed by atoms with Gasteiger partial charge in [0.2, 0.25) is 0 Å². The summed E-state index contributed by atoms with van der Waals surface area (Å²) in [4.78, 5) is 38.0. The molecule has 3 rings (SSSR count). The van der Waals surface area contributed by atoms with E-state index in [1.807, 2.05) is 0 Å². The van der Waals surface area contributed by atoms with E-state index >= 15 is 0 Å². The van der Waals surface area contributed by atoms with Crippen molar-refractivity contribution in [3.63, 3.8) is 0 Å². The first-order valence-electron chi connectivity index (χ1n) is 13.4. The molecule has 3 aromatic rings. The quantitative estimate of drug-likeness (QED) is 0.241. The molecule has 0 spiro atoms. The number of anilines is 3. The molecule has 14 heteroatoms. The molecule has 0 bridgehead atoms. The van der Waals surface area contributed by atoms with Crippen LogP contribution < -0.4 is 16.0 Å². The van der Waals surface area contributed by atoms with E-state index in [1.54, 1.807) is 6.07 Å². The summed E-state index contributed by atoms with van der Waals surface area (Å²) in [6.45, 7) is 9.00. The maximum atomic E-state index is 14.8. The van der Waals surface area contributed by atoms with Gasteiger partial charge in [-0.1, -0.05) is 24.3 Å². The Bertz CT molecular complexity index is 1570. The van der Waals surface area contributed by atoms with Crippen LogP contribution in [0.15, 0.2) is 60.7 Å². The van der Waals surface area contributed by atoms with Gasteiger partial charge in [0.15, 0.2) is 0 Å². The SMILES string of the molecule is CC(C)(C)OC(=O)Nc1ccc(-c2c(NC(=O)OC(C)(C)C)ccc(C(=O)Nc3ccccc3)c2C(F)(F)F)c(C(F)(F)F)c1. The number of carbonyl (C=O) groups excluding carboxylic acids is 3. The Morgan fingerprint density at radius 1 is 0.622 bits per heavy atom. The van der Waals surface area contributed by atoms with Crippen molar-refractivity contribution in [2.24, 2.45) is 0 Å². The minimum Gasteiger partial charge on any atom is -0.444 e. The molecule has 0 aromatic heterocycles. The third kappa shape index (κ3) is 9.62. The lowest BCUT2D eigenvalue weighted by atomic mass is 9.89. The van der Waals surface area contributed by atoms with E-state index in [-0.39, 0.29) is 5.69 Å². The van der Waals surface area contributed by atoms with Crippen molar-refractivity contribution in [3.8, 4) is 11.1 Å². The summed E-state index contributed by atoms with van der Waals surface area (Å²) >= 11 is 0. The number of amides is 3. The molecule has 0 saturated heterocycles. The molecule has 0 atom stereocenters. The highest BCUT2D eigenvalue weighted by atomic mass is 19.4. The molecule has 0 radical (unpaired) electrons. The van der Waals surface area contributed by atoms with Crippen molar-refractivity contribution in [2.75, 3.05) is 16.0 Å². The number of ether oxygens (including phenoxy) is 2. The van der Waals surface area contributed by atoms with E-state index < -0.39 is 80.8 Å². The summed E-state index contributed by atoms with van der Waals surface area (Å²) in [6, 6.07) is 11.1. The number of nitrogens with one attached hydrogen (secondary N) is 3. The number of hydrogen-bond acceptors (Lipinski definition) is 5. The van der Waals surface area contributed by atoms with Crippen molar-refractivity contribution < 1.29 is 50.2 Å². The van der Waals surface area contributed by atoms with Crippen molar-refractivity contribution in [2.45, 2.75) is 65.1 Å². The highest BCUT2D eigenvalue weighted by Gasteiger charge is 2.43. The summed E-state index contributed by atoms with van der Waals surface area (Å²) < 4.78 is 98.2. The molecule has 0 aliphatic heterocycles. The first-order chi connectivity index (χ1) is 20.5. The Morgan fingerprint density at radius 2 is 1.18 bits per heavy atom. The fourth-order valence-corrected chi connectivity index (χ4v) is 4.10. The second-order valence-electron chi connectivity index (χ2n) is 11.7. The smallest absolute Gasteiger partial charge is 0.417 e. The van der Waals surface area contributed by atoms with Gasteiger partial charge in [-0.05, 0) is 83.5 Å². The van der Waals surface area contributed by atoms with E-state index in [0.717, 1.165) is 18.2 Å². The Labute approximate surface area is 255 Å². The molecule has 3 N–H and O–H groups in total. The molecule has 45 heavy (non-hydrogen) atoms. The van der Waals surface area contributed by atoms with Gasteiger partial charge in [-0.2, -0.15) is 26.3 Å². The number of carbonyl (C=O) groups is 3. The van der Waals surface area contributed by atoms with Crippen molar-refractivity contribution in [1.29, 1.82) is 0 Å². The van der Waals surface area contributed by atoms with Gasteiger partial charge in [-0.25, -0.2) is 9.59 Å². The number of rotatable bonds is 5. The summed E-state index contributed by atoms with van der Waals surface area (Å²) in [5, 5.41) is 6.52. The third-order valence-corrected chi connectivity index (χ3v) is 5.64. The molecule has 3 amide bonds. The number of benzene rings is 3. The average molecular weight is 640 g/mol. The number of halogens is 6. The summed E-state index contributed by atoms with van der Waals surface area (Å²) in [5.74, 6) is -1.27. The van der Waals surface area contributed by atoms with E-state index in [1.165, 1.54) is 65.8 Å². The second kappa shape index (κ2) is 12.7. The summed E-state index contributed by atoms with van der Waals surface area (Å²) in [7, 11) is 0. The van der Waals surface area contributed by atoms with E-state index in [9.17, 15) is 40.7 Å². The Balaban J connectivity index is 2.32. The summed E-state index contributed by atoms with van der Waals surface area (Å²) in [5.41, 5.74) is -9.69. The van der Waals surface area contributed by atoms with Gasteiger partial charge in [-0.15, -0.1) is 0 Å². The normalized spacial score (nSPS) is 12.3. The second-order valence-corrected chi connectivity index (χ2v) is 11.7. The maximum absolute atomic E-state index is 14.8. The van der Waals surface area contributed by atoms with Crippen molar-refractivity contribution in [1.82, 2.24) is 0 Å². The molecular weight excluding hydrogens is 608 g/mol. The maximum Gasteiger partial charge on any atom is 0.417 e. The van der Waals surface area contributed by atoms with E-state index in [2.05, 4.69) is 16.0 Å². The van der Waals surface area contributed by atoms with Crippen LogP contribution >= 0.6 is 0 Å². The van der Waals surface area contributed by atoms with Gasteiger partial charge in [0, 0.05) is 16.9 Å². The van der Waals surface area contributed by atoms with Crippen LogP contribution in [0.5, 0.6) is 0 Å². The molecule has 0 unspecified atom stereocenters. The first-order valence-corrected chi connectivity index (χ1v) is 13.4. The standard InChI is InChI=1S/C31H31F6N3O5/c1-28(2,3)44-26(42)39-18-12-13-19(21(16-18)30(32,33)34)23-22(40-27(43)45-29(4,5)6)15-14-20(24(23)31(35,36)37)25(41)38-17-10-8-7-9-11-17/h7-16H,1-6H3,(H,38,41)(H,39,42)(H,40,43). The zero-order valence-corrected chi connectivity index (χ0v) is 25.1. The van der Waals surface area contributed by atoms with Crippen molar-refractivity contribution in [3.05, 3.63) is 77.4 Å². The molecule has 3 aromatic carbocycles. The number of hydrogen-bond donors (Lipinski definition) is 3. The lowest BCUT2D eigenvalue weighted by Crippen LogP contribution is -2.28. The fourth-order valence-electron chi connectivity index (χ4n) is 4.10. The predicted molar refractivity (Wildman–Crippen MR) is 156 cm³/mol. The Morgan fingerprint density at radius 3 is 1.69 bits per heavy atom. The lowest BCUT2D eigenvalue weighted by Gasteiger charge is -2.25. The van der Waals surface area contributed by atoms with Crippen LogP contribution in [0, 0.1) is 0 Å². The van der Waals surface area contributed by atoms with Crippen molar-refractivity contribution >= 4 is 35.2 Å². The van der Waals surface area contributed by atoms with Crippen LogP contribution in [0.1, 0.15) is 63.0 Å². The molecule has 0 heterocycles. The van der Waals surface area contributed by atoms with Crippen LogP contribution in [-0.2, 0) is 21.8 Å². The van der Waals surface area contributed by atoms with Crippen LogP contribution in [0.3, 0.4) is 0 Å². The van der Waals surface area contributed by atoms with Crippen LogP contribution in [0.25, 0.3) is 11.1 Å². The molecule has 8 nitrogen and oxygen atoms in total.